The van der Waals surface area contributed by atoms with E-state index in [0.29, 0.717) is 17.1 Å². The van der Waals surface area contributed by atoms with Gasteiger partial charge in [0.15, 0.2) is 11.5 Å². The molecule has 0 fully saturated rings. The first kappa shape index (κ1) is 14.3. The van der Waals surface area contributed by atoms with Crippen LogP contribution >= 0.6 is 27.3 Å². The second kappa shape index (κ2) is 5.90. The van der Waals surface area contributed by atoms with Crippen molar-refractivity contribution in [3.63, 3.8) is 0 Å². The molecule has 2 rings (SSSR count). The largest absolute Gasteiger partial charge is 0.493 e. The predicted molar refractivity (Wildman–Crippen MR) is 77.6 cm³/mol. The number of ether oxygens (including phenoxy) is 2. The Bertz CT molecular complexity index is 588. The lowest BCUT2D eigenvalue weighted by atomic mass is 10.0. The Morgan fingerprint density at radius 1 is 1.21 bits per heavy atom. The minimum absolute atomic E-state index is 0.350. The van der Waals surface area contributed by atoms with Gasteiger partial charge in [0, 0.05) is 16.5 Å². The lowest BCUT2D eigenvalue weighted by Crippen LogP contribution is -2.12. The molecule has 2 aromatic rings. The Morgan fingerprint density at radius 2 is 1.84 bits per heavy atom. The van der Waals surface area contributed by atoms with Gasteiger partial charge in [0.2, 0.25) is 0 Å². The second-order valence-corrected chi connectivity index (χ2v) is 6.34. The maximum absolute atomic E-state index is 14.1. The molecule has 1 unspecified atom stereocenters. The van der Waals surface area contributed by atoms with Gasteiger partial charge < -0.3 is 15.2 Å². The third-order valence-corrected chi connectivity index (χ3v) is 4.45. The topological polar surface area (TPSA) is 44.5 Å². The zero-order valence-electron chi connectivity index (χ0n) is 10.4. The van der Waals surface area contributed by atoms with E-state index in [9.17, 15) is 4.39 Å². The van der Waals surface area contributed by atoms with Crippen LogP contribution in [-0.2, 0) is 0 Å². The molecule has 0 bridgehead atoms. The van der Waals surface area contributed by atoms with E-state index in [2.05, 4.69) is 15.9 Å². The lowest BCUT2D eigenvalue weighted by molar-refractivity contribution is 0.351. The molecular formula is C13H13BrFNO2S. The van der Waals surface area contributed by atoms with Crippen molar-refractivity contribution in [3.05, 3.63) is 44.3 Å². The van der Waals surface area contributed by atoms with Crippen LogP contribution in [0.25, 0.3) is 0 Å². The highest BCUT2D eigenvalue weighted by Crippen LogP contribution is 2.36. The van der Waals surface area contributed by atoms with Gasteiger partial charge in [0.1, 0.15) is 5.82 Å². The molecule has 6 heteroatoms. The molecule has 0 aliphatic heterocycles. The van der Waals surface area contributed by atoms with E-state index in [1.807, 2.05) is 12.1 Å². The highest BCUT2D eigenvalue weighted by Gasteiger charge is 2.19. The van der Waals surface area contributed by atoms with Crippen LogP contribution in [0.1, 0.15) is 16.5 Å². The predicted octanol–water partition coefficient (Wildman–Crippen LogP) is 3.72. The first-order chi connectivity index (χ1) is 9.06. The van der Waals surface area contributed by atoms with Crippen LogP contribution in [0.4, 0.5) is 4.39 Å². The van der Waals surface area contributed by atoms with Gasteiger partial charge in [0.05, 0.1) is 24.0 Å². The van der Waals surface area contributed by atoms with Gasteiger partial charge in [0.25, 0.3) is 0 Å². The molecule has 102 valence electrons. The van der Waals surface area contributed by atoms with E-state index in [1.54, 1.807) is 6.07 Å². The summed E-state index contributed by atoms with van der Waals surface area (Å²) in [6.45, 7) is 0. The molecule has 0 aliphatic carbocycles. The Labute approximate surface area is 123 Å². The zero-order chi connectivity index (χ0) is 14.0. The summed E-state index contributed by atoms with van der Waals surface area (Å²) in [5, 5.41) is 0. The van der Waals surface area contributed by atoms with E-state index < -0.39 is 11.9 Å². The highest BCUT2D eigenvalue weighted by atomic mass is 79.9. The summed E-state index contributed by atoms with van der Waals surface area (Å²) in [4.78, 5) is 0.873. The maximum Gasteiger partial charge on any atom is 0.163 e. The van der Waals surface area contributed by atoms with Crippen LogP contribution in [0.2, 0.25) is 0 Å². The monoisotopic (exact) mass is 345 g/mol. The van der Waals surface area contributed by atoms with Crippen LogP contribution in [0.5, 0.6) is 11.5 Å². The summed E-state index contributed by atoms with van der Waals surface area (Å²) in [5.74, 6) is 0.406. The average molecular weight is 346 g/mol. The minimum Gasteiger partial charge on any atom is -0.493 e. The molecule has 0 spiro atoms. The van der Waals surface area contributed by atoms with Crippen molar-refractivity contribution < 1.29 is 13.9 Å². The van der Waals surface area contributed by atoms with Gasteiger partial charge in [-0.3, -0.25) is 0 Å². The van der Waals surface area contributed by atoms with Crippen molar-refractivity contribution >= 4 is 27.3 Å². The number of rotatable bonds is 4. The fourth-order valence-corrected chi connectivity index (χ4v) is 3.20. The van der Waals surface area contributed by atoms with Crippen molar-refractivity contribution in [1.29, 1.82) is 0 Å². The summed E-state index contributed by atoms with van der Waals surface area (Å²) >= 11 is 4.84. The molecule has 3 nitrogen and oxygen atoms in total. The Hall–Kier alpha value is -1.11. The third-order valence-electron chi connectivity index (χ3n) is 2.74. The molecule has 0 amide bonds. The van der Waals surface area contributed by atoms with Crippen LogP contribution in [0.15, 0.2) is 28.1 Å². The Morgan fingerprint density at radius 3 is 2.37 bits per heavy atom. The second-order valence-electron chi connectivity index (χ2n) is 3.85. The number of halogens is 2. The molecule has 0 saturated carbocycles. The smallest absolute Gasteiger partial charge is 0.163 e. The quantitative estimate of drug-likeness (QED) is 0.918. The number of hydrogen-bond acceptors (Lipinski definition) is 4. The number of thiophene rings is 1. The standard InChI is InChI=1S/C13H13BrFNO2S/c1-17-9-5-7(8(15)6-10(9)18-2)13(16)11-3-4-12(14)19-11/h3-6,13H,16H2,1-2H3. The van der Waals surface area contributed by atoms with Gasteiger partial charge in [-0.15, -0.1) is 11.3 Å². The summed E-state index contributed by atoms with van der Waals surface area (Å²) in [6.07, 6.45) is 0. The molecule has 0 aliphatic rings. The van der Waals surface area contributed by atoms with E-state index in [0.717, 1.165) is 8.66 Å². The summed E-state index contributed by atoms with van der Waals surface area (Å²) in [6, 6.07) is 6.09. The lowest BCUT2D eigenvalue weighted by Gasteiger charge is -2.15. The summed E-state index contributed by atoms with van der Waals surface area (Å²) < 4.78 is 25.3. The first-order valence-electron chi connectivity index (χ1n) is 5.49. The van der Waals surface area contributed by atoms with E-state index in [-0.39, 0.29) is 0 Å². The van der Waals surface area contributed by atoms with Crippen LogP contribution in [0.3, 0.4) is 0 Å². The van der Waals surface area contributed by atoms with Crippen LogP contribution < -0.4 is 15.2 Å². The molecule has 0 radical (unpaired) electrons. The highest BCUT2D eigenvalue weighted by molar-refractivity contribution is 9.11. The van der Waals surface area contributed by atoms with E-state index in [4.69, 9.17) is 15.2 Å². The van der Waals surface area contributed by atoms with E-state index >= 15 is 0 Å². The molecule has 1 aromatic heterocycles. The minimum atomic E-state index is -0.531. The first-order valence-corrected chi connectivity index (χ1v) is 7.10. The van der Waals surface area contributed by atoms with Crippen molar-refractivity contribution in [1.82, 2.24) is 0 Å². The molecular weight excluding hydrogens is 333 g/mol. The van der Waals surface area contributed by atoms with Crippen molar-refractivity contribution in [2.45, 2.75) is 6.04 Å². The van der Waals surface area contributed by atoms with Crippen LogP contribution in [0, 0.1) is 5.82 Å². The fraction of sp³-hybridized carbons (Fsp3) is 0.231. The summed E-state index contributed by atoms with van der Waals surface area (Å²) in [5.41, 5.74) is 6.48. The van der Waals surface area contributed by atoms with Crippen LogP contribution in [-0.4, -0.2) is 14.2 Å². The fourth-order valence-electron chi connectivity index (χ4n) is 1.76. The van der Waals surface area contributed by atoms with Crippen molar-refractivity contribution in [3.8, 4) is 11.5 Å². The molecule has 0 saturated heterocycles. The molecule has 1 aromatic carbocycles. The number of hydrogen-bond donors (Lipinski definition) is 1. The number of nitrogens with two attached hydrogens (primary N) is 1. The number of methoxy groups -OCH3 is 2. The Balaban J connectivity index is 2.44. The van der Waals surface area contributed by atoms with Gasteiger partial charge in [-0.25, -0.2) is 4.39 Å². The molecule has 1 heterocycles. The molecule has 1 atom stereocenters. The van der Waals surface area contributed by atoms with Gasteiger partial charge in [-0.1, -0.05) is 0 Å². The van der Waals surface area contributed by atoms with Crippen molar-refractivity contribution in [2.75, 3.05) is 14.2 Å². The summed E-state index contributed by atoms with van der Waals surface area (Å²) in [7, 11) is 2.97. The van der Waals surface area contributed by atoms with Gasteiger partial charge >= 0.3 is 0 Å². The third kappa shape index (κ3) is 2.91. The van der Waals surface area contributed by atoms with E-state index in [1.165, 1.54) is 31.6 Å². The zero-order valence-corrected chi connectivity index (χ0v) is 12.8. The van der Waals surface area contributed by atoms with Gasteiger partial charge in [-0.05, 0) is 34.1 Å². The average Bonchev–Trinajstić information content (AvgIpc) is 2.84. The SMILES string of the molecule is COc1cc(F)c(C(N)c2ccc(Br)s2)cc1OC. The van der Waals surface area contributed by atoms with Crippen molar-refractivity contribution in [2.24, 2.45) is 5.73 Å². The van der Waals surface area contributed by atoms with Gasteiger partial charge in [-0.2, -0.15) is 0 Å². The maximum atomic E-state index is 14.1. The molecule has 19 heavy (non-hydrogen) atoms. The number of benzene rings is 1. The molecule has 2 N–H and O–H groups in total. The Kier molecular flexibility index (Phi) is 4.44. The normalized spacial score (nSPS) is 12.3.